The van der Waals surface area contributed by atoms with E-state index < -0.39 is 0 Å². The van der Waals surface area contributed by atoms with Gasteiger partial charge in [0.05, 0.1) is 19.8 Å². The summed E-state index contributed by atoms with van der Waals surface area (Å²) in [6, 6.07) is 9.28. The smallest absolute Gasteiger partial charge is 0.279 e. The van der Waals surface area contributed by atoms with E-state index in [2.05, 4.69) is 0 Å². The molecule has 1 aromatic rings. The predicted octanol–water partition coefficient (Wildman–Crippen LogP) is -0.00270. The summed E-state index contributed by atoms with van der Waals surface area (Å²) < 4.78 is 0. The van der Waals surface area contributed by atoms with Gasteiger partial charge < -0.3 is 14.7 Å². The number of quaternary nitrogens is 1. The first-order valence-electron chi connectivity index (χ1n) is 8.20. The third-order valence-electron chi connectivity index (χ3n) is 4.60. The number of likely N-dealkylation sites (tertiary alicyclic amines) is 1. The Bertz CT molecular complexity index is 526. The highest BCUT2D eigenvalue weighted by atomic mass is 16.2. The average Bonchev–Trinajstić information content (AvgIpc) is 3.06. The van der Waals surface area contributed by atoms with E-state index in [4.69, 9.17) is 0 Å². The Morgan fingerprint density at radius 1 is 0.955 bits per heavy atom. The monoisotopic (exact) mass is 302 g/mol. The fraction of sp³-hybridized carbons (Fsp3) is 0.529. The summed E-state index contributed by atoms with van der Waals surface area (Å²) in [5.41, 5.74) is 0.693. The molecule has 0 spiro atoms. The number of amides is 2. The summed E-state index contributed by atoms with van der Waals surface area (Å²) in [5, 5.41) is 0. The van der Waals surface area contributed by atoms with E-state index in [0.717, 1.165) is 13.1 Å². The van der Waals surface area contributed by atoms with Crippen molar-refractivity contribution in [2.24, 2.45) is 0 Å². The van der Waals surface area contributed by atoms with Crippen LogP contribution in [0.25, 0.3) is 0 Å². The molecule has 2 amide bonds. The molecule has 5 nitrogen and oxygen atoms in total. The quantitative estimate of drug-likeness (QED) is 0.854. The highest BCUT2D eigenvalue weighted by Gasteiger charge is 2.30. The molecule has 0 atom stereocenters. The topological polar surface area (TPSA) is 45.1 Å². The molecule has 0 unspecified atom stereocenters. The van der Waals surface area contributed by atoms with Crippen LogP contribution in [-0.4, -0.2) is 61.0 Å². The SMILES string of the molecule is O=C(C[NH+]1CCCCC1)N1CCN(C(=O)c2ccccc2)C1. The normalized spacial score (nSPS) is 19.5. The number of hydrogen-bond acceptors (Lipinski definition) is 2. The minimum Gasteiger partial charge on any atom is -0.327 e. The summed E-state index contributed by atoms with van der Waals surface area (Å²) in [6.45, 7) is 4.51. The van der Waals surface area contributed by atoms with Crippen molar-refractivity contribution in [3.8, 4) is 0 Å². The molecule has 118 valence electrons. The van der Waals surface area contributed by atoms with E-state index in [9.17, 15) is 9.59 Å². The summed E-state index contributed by atoms with van der Waals surface area (Å²) in [5.74, 6) is 0.196. The van der Waals surface area contributed by atoms with Gasteiger partial charge in [-0.3, -0.25) is 9.59 Å². The third kappa shape index (κ3) is 3.47. The lowest BCUT2D eigenvalue weighted by Crippen LogP contribution is -3.13. The Morgan fingerprint density at radius 2 is 1.64 bits per heavy atom. The Kier molecular flexibility index (Phi) is 4.73. The van der Waals surface area contributed by atoms with Gasteiger partial charge >= 0.3 is 0 Å². The van der Waals surface area contributed by atoms with Crippen LogP contribution in [0.1, 0.15) is 29.6 Å². The zero-order chi connectivity index (χ0) is 15.4. The number of carbonyl (C=O) groups excluding carboxylic acids is 2. The van der Waals surface area contributed by atoms with Gasteiger partial charge in [0.15, 0.2) is 6.54 Å². The van der Waals surface area contributed by atoms with Crippen LogP contribution in [0.15, 0.2) is 30.3 Å². The van der Waals surface area contributed by atoms with Crippen molar-refractivity contribution in [1.29, 1.82) is 0 Å². The van der Waals surface area contributed by atoms with Crippen LogP contribution >= 0.6 is 0 Å². The molecule has 0 radical (unpaired) electrons. The third-order valence-corrected chi connectivity index (χ3v) is 4.60. The number of benzene rings is 1. The average molecular weight is 302 g/mol. The van der Waals surface area contributed by atoms with E-state index in [1.165, 1.54) is 24.2 Å². The molecule has 0 aromatic heterocycles. The molecular formula is C17H24N3O2+. The van der Waals surface area contributed by atoms with Crippen molar-refractivity contribution in [3.05, 3.63) is 35.9 Å². The van der Waals surface area contributed by atoms with Crippen molar-refractivity contribution in [1.82, 2.24) is 9.80 Å². The molecule has 5 heteroatoms. The van der Waals surface area contributed by atoms with Gasteiger partial charge in [0.25, 0.3) is 11.8 Å². The van der Waals surface area contributed by atoms with Gasteiger partial charge in [0.2, 0.25) is 0 Å². The molecule has 0 bridgehead atoms. The molecule has 1 N–H and O–H groups in total. The van der Waals surface area contributed by atoms with Crippen molar-refractivity contribution in [2.45, 2.75) is 19.3 Å². The molecule has 2 aliphatic heterocycles. The minimum atomic E-state index is 0.0150. The number of carbonyl (C=O) groups is 2. The summed E-state index contributed by atoms with van der Waals surface area (Å²) in [6.07, 6.45) is 3.74. The standard InChI is InChI=1S/C17H23N3O2/c21-16(13-18-9-5-2-6-10-18)19-11-12-20(14-19)17(22)15-7-3-1-4-8-15/h1,3-4,7-8H,2,5-6,9-14H2/p+1. The van der Waals surface area contributed by atoms with Crippen LogP contribution in [-0.2, 0) is 4.79 Å². The highest BCUT2D eigenvalue weighted by Crippen LogP contribution is 2.10. The zero-order valence-electron chi connectivity index (χ0n) is 13.0. The zero-order valence-corrected chi connectivity index (χ0v) is 13.0. The molecule has 2 aliphatic rings. The molecule has 0 aliphatic carbocycles. The molecule has 1 aromatic carbocycles. The van der Waals surface area contributed by atoms with E-state index in [-0.39, 0.29) is 11.8 Å². The second-order valence-electron chi connectivity index (χ2n) is 6.22. The number of piperidine rings is 1. The lowest BCUT2D eigenvalue weighted by molar-refractivity contribution is -0.897. The summed E-state index contributed by atoms with van der Waals surface area (Å²) in [4.78, 5) is 29.8. The van der Waals surface area contributed by atoms with Gasteiger partial charge in [-0.2, -0.15) is 0 Å². The van der Waals surface area contributed by atoms with E-state index in [1.807, 2.05) is 35.2 Å². The predicted molar refractivity (Wildman–Crippen MR) is 83.5 cm³/mol. The molecular weight excluding hydrogens is 278 g/mol. The minimum absolute atomic E-state index is 0.0150. The first kappa shape index (κ1) is 15.0. The maximum atomic E-state index is 12.4. The van der Waals surface area contributed by atoms with Gasteiger partial charge in [0, 0.05) is 18.7 Å². The van der Waals surface area contributed by atoms with Crippen molar-refractivity contribution in [3.63, 3.8) is 0 Å². The Labute approximate surface area is 131 Å². The fourth-order valence-electron chi connectivity index (χ4n) is 3.28. The highest BCUT2D eigenvalue weighted by molar-refractivity contribution is 5.94. The first-order valence-corrected chi connectivity index (χ1v) is 8.20. The van der Waals surface area contributed by atoms with Gasteiger partial charge in [-0.15, -0.1) is 0 Å². The van der Waals surface area contributed by atoms with Crippen LogP contribution in [0.4, 0.5) is 0 Å². The Balaban J connectivity index is 1.53. The van der Waals surface area contributed by atoms with E-state index in [0.29, 0.717) is 31.9 Å². The van der Waals surface area contributed by atoms with Crippen LogP contribution in [0.2, 0.25) is 0 Å². The largest absolute Gasteiger partial charge is 0.327 e. The van der Waals surface area contributed by atoms with Gasteiger partial charge in [-0.05, 0) is 31.4 Å². The van der Waals surface area contributed by atoms with Crippen molar-refractivity contribution < 1.29 is 14.5 Å². The molecule has 0 saturated carbocycles. The van der Waals surface area contributed by atoms with E-state index >= 15 is 0 Å². The van der Waals surface area contributed by atoms with Crippen LogP contribution in [0.5, 0.6) is 0 Å². The Hall–Kier alpha value is -1.88. The number of hydrogen-bond donors (Lipinski definition) is 1. The maximum absolute atomic E-state index is 12.4. The molecule has 2 heterocycles. The van der Waals surface area contributed by atoms with Gasteiger partial charge in [-0.25, -0.2) is 0 Å². The lowest BCUT2D eigenvalue weighted by atomic mass is 10.1. The fourth-order valence-corrected chi connectivity index (χ4v) is 3.28. The number of rotatable bonds is 3. The maximum Gasteiger partial charge on any atom is 0.279 e. The number of nitrogens with one attached hydrogen (secondary N) is 1. The second kappa shape index (κ2) is 6.92. The van der Waals surface area contributed by atoms with Crippen LogP contribution < -0.4 is 4.90 Å². The summed E-state index contributed by atoms with van der Waals surface area (Å²) >= 11 is 0. The van der Waals surface area contributed by atoms with Gasteiger partial charge in [0.1, 0.15) is 0 Å². The Morgan fingerprint density at radius 3 is 2.36 bits per heavy atom. The van der Waals surface area contributed by atoms with Crippen LogP contribution in [0.3, 0.4) is 0 Å². The van der Waals surface area contributed by atoms with E-state index in [1.54, 1.807) is 4.90 Å². The number of nitrogens with zero attached hydrogens (tertiary/aromatic N) is 2. The second-order valence-corrected chi connectivity index (χ2v) is 6.22. The van der Waals surface area contributed by atoms with Crippen molar-refractivity contribution in [2.75, 3.05) is 39.4 Å². The molecule has 22 heavy (non-hydrogen) atoms. The first-order chi connectivity index (χ1) is 10.7. The summed E-state index contributed by atoms with van der Waals surface area (Å²) in [7, 11) is 0. The molecule has 2 fully saturated rings. The van der Waals surface area contributed by atoms with Gasteiger partial charge in [-0.1, -0.05) is 18.2 Å². The molecule has 2 saturated heterocycles. The molecule has 3 rings (SSSR count). The van der Waals surface area contributed by atoms with Crippen LogP contribution in [0, 0.1) is 0 Å². The van der Waals surface area contributed by atoms with Crippen molar-refractivity contribution >= 4 is 11.8 Å². The lowest BCUT2D eigenvalue weighted by Gasteiger charge is -2.25.